The Hall–Kier alpha value is -3.08. The fourth-order valence-corrected chi connectivity index (χ4v) is 4.64. The second-order valence-corrected chi connectivity index (χ2v) is 7.63. The monoisotopic (exact) mass is 372 g/mol. The SMILES string of the molecule is CN1/C(=C\C=C\C(=O)c2ccccn2)Nc2cc3c4c(c21)CCCN4CCC3. The number of benzene rings is 1. The van der Waals surface area contributed by atoms with E-state index in [1.54, 1.807) is 24.4 Å². The van der Waals surface area contributed by atoms with E-state index in [4.69, 9.17) is 0 Å². The predicted octanol–water partition coefficient (Wildman–Crippen LogP) is 3.92. The minimum Gasteiger partial charge on any atom is -0.371 e. The number of carbonyl (C=O) groups excluding carboxylic acids is 1. The van der Waals surface area contributed by atoms with Crippen LogP contribution in [0, 0.1) is 0 Å². The summed E-state index contributed by atoms with van der Waals surface area (Å²) in [5, 5.41) is 3.55. The number of allylic oxidation sites excluding steroid dienone is 3. The maximum atomic E-state index is 12.2. The molecule has 1 aromatic carbocycles. The molecule has 28 heavy (non-hydrogen) atoms. The van der Waals surface area contributed by atoms with Gasteiger partial charge in [0.2, 0.25) is 5.78 Å². The highest BCUT2D eigenvalue weighted by molar-refractivity contribution is 6.03. The van der Waals surface area contributed by atoms with Gasteiger partial charge in [-0.3, -0.25) is 9.78 Å². The summed E-state index contributed by atoms with van der Waals surface area (Å²) >= 11 is 0. The van der Waals surface area contributed by atoms with E-state index in [2.05, 4.69) is 33.2 Å². The van der Waals surface area contributed by atoms with Crippen molar-refractivity contribution < 1.29 is 4.79 Å². The van der Waals surface area contributed by atoms with Gasteiger partial charge in [0.1, 0.15) is 11.5 Å². The number of aryl methyl sites for hydroxylation is 1. The van der Waals surface area contributed by atoms with Gasteiger partial charge in [0, 0.05) is 37.6 Å². The van der Waals surface area contributed by atoms with Gasteiger partial charge in [0.15, 0.2) is 0 Å². The molecule has 3 aliphatic rings. The average molecular weight is 372 g/mol. The summed E-state index contributed by atoms with van der Waals surface area (Å²) in [5.41, 5.74) is 7.38. The molecule has 0 radical (unpaired) electrons. The minimum absolute atomic E-state index is 0.0863. The summed E-state index contributed by atoms with van der Waals surface area (Å²) in [6, 6.07) is 7.69. The lowest BCUT2D eigenvalue weighted by atomic mass is 9.90. The third kappa shape index (κ3) is 2.78. The second-order valence-electron chi connectivity index (χ2n) is 7.63. The van der Waals surface area contributed by atoms with Crippen LogP contribution >= 0.6 is 0 Å². The van der Waals surface area contributed by atoms with Crippen LogP contribution in [0.4, 0.5) is 17.1 Å². The van der Waals surface area contributed by atoms with Crippen molar-refractivity contribution in [1.29, 1.82) is 0 Å². The van der Waals surface area contributed by atoms with Crippen LogP contribution in [0.3, 0.4) is 0 Å². The van der Waals surface area contributed by atoms with Crippen molar-refractivity contribution in [1.82, 2.24) is 4.98 Å². The van der Waals surface area contributed by atoms with Gasteiger partial charge in [-0.25, -0.2) is 0 Å². The van der Waals surface area contributed by atoms with Crippen molar-refractivity contribution in [2.75, 3.05) is 35.3 Å². The number of pyridine rings is 1. The highest BCUT2D eigenvalue weighted by Crippen LogP contribution is 2.48. The Kier molecular flexibility index (Phi) is 4.15. The fourth-order valence-electron chi connectivity index (χ4n) is 4.64. The molecule has 0 saturated heterocycles. The standard InChI is InChI=1S/C23H24N4O/c1-26-21(11-4-10-20(28)18-9-2-3-12-24-18)25-19-15-16-7-5-13-27-14-6-8-17(22(16)27)23(19)26/h2-4,9-12,15,25H,5-8,13-14H2,1H3/b10-4+,21-11-. The van der Waals surface area contributed by atoms with Crippen molar-refractivity contribution in [3.05, 3.63) is 71.3 Å². The molecule has 0 atom stereocenters. The van der Waals surface area contributed by atoms with Gasteiger partial charge in [-0.15, -0.1) is 0 Å². The molecule has 4 heterocycles. The zero-order valence-corrected chi connectivity index (χ0v) is 16.1. The van der Waals surface area contributed by atoms with E-state index in [1.165, 1.54) is 54.1 Å². The molecule has 0 bridgehead atoms. The molecule has 0 saturated carbocycles. The smallest absolute Gasteiger partial charge is 0.204 e. The molecule has 0 spiro atoms. The van der Waals surface area contributed by atoms with Gasteiger partial charge in [-0.1, -0.05) is 12.1 Å². The van der Waals surface area contributed by atoms with Crippen molar-refractivity contribution in [2.24, 2.45) is 0 Å². The first kappa shape index (κ1) is 17.0. The number of anilines is 3. The zero-order valence-electron chi connectivity index (χ0n) is 16.1. The highest BCUT2D eigenvalue weighted by Gasteiger charge is 2.32. The van der Waals surface area contributed by atoms with Crippen molar-refractivity contribution in [3.8, 4) is 0 Å². The first-order chi connectivity index (χ1) is 13.7. The maximum Gasteiger partial charge on any atom is 0.204 e. The van der Waals surface area contributed by atoms with Crippen LogP contribution in [0.5, 0.6) is 0 Å². The lowest BCUT2D eigenvalue weighted by molar-refractivity contribution is 0.104. The van der Waals surface area contributed by atoms with Crippen molar-refractivity contribution in [2.45, 2.75) is 25.7 Å². The molecule has 1 aromatic heterocycles. The van der Waals surface area contributed by atoms with Gasteiger partial charge in [0.25, 0.3) is 0 Å². The predicted molar refractivity (Wildman–Crippen MR) is 113 cm³/mol. The van der Waals surface area contributed by atoms with E-state index in [-0.39, 0.29) is 5.78 Å². The third-order valence-corrected chi connectivity index (χ3v) is 5.87. The minimum atomic E-state index is -0.0863. The molecule has 0 fully saturated rings. The quantitative estimate of drug-likeness (QED) is 0.654. The lowest BCUT2D eigenvalue weighted by Gasteiger charge is -2.38. The molecular weight excluding hydrogens is 348 g/mol. The van der Waals surface area contributed by atoms with Crippen LogP contribution in [0.1, 0.15) is 34.5 Å². The molecule has 3 aliphatic heterocycles. The fraction of sp³-hybridized carbons (Fsp3) is 0.304. The Morgan fingerprint density at radius 3 is 2.86 bits per heavy atom. The molecule has 142 valence electrons. The molecular formula is C23H24N4O. The molecule has 5 rings (SSSR count). The third-order valence-electron chi connectivity index (χ3n) is 5.87. The molecule has 5 heteroatoms. The van der Waals surface area contributed by atoms with E-state index in [1.807, 2.05) is 18.2 Å². The van der Waals surface area contributed by atoms with Crippen LogP contribution in [0.25, 0.3) is 0 Å². The normalized spacial score (nSPS) is 19.0. The van der Waals surface area contributed by atoms with Gasteiger partial charge < -0.3 is 15.1 Å². The molecule has 2 aromatic rings. The summed E-state index contributed by atoms with van der Waals surface area (Å²) in [7, 11) is 2.10. The topological polar surface area (TPSA) is 48.5 Å². The number of aromatic nitrogens is 1. The maximum absolute atomic E-state index is 12.2. The first-order valence-electron chi connectivity index (χ1n) is 10.0. The van der Waals surface area contributed by atoms with Crippen LogP contribution in [0.2, 0.25) is 0 Å². The van der Waals surface area contributed by atoms with Gasteiger partial charge >= 0.3 is 0 Å². The molecule has 0 amide bonds. The summed E-state index contributed by atoms with van der Waals surface area (Å²) in [5.74, 6) is 0.910. The Bertz CT molecular complexity index is 991. The molecule has 0 unspecified atom stereocenters. The van der Waals surface area contributed by atoms with Gasteiger partial charge in [-0.2, -0.15) is 0 Å². The molecule has 1 N–H and O–H groups in total. The van der Waals surface area contributed by atoms with Gasteiger partial charge in [0.05, 0.1) is 11.4 Å². The van der Waals surface area contributed by atoms with E-state index in [0.29, 0.717) is 5.69 Å². The van der Waals surface area contributed by atoms with Crippen LogP contribution in [-0.2, 0) is 12.8 Å². The lowest BCUT2D eigenvalue weighted by Crippen LogP contribution is -2.35. The summed E-state index contributed by atoms with van der Waals surface area (Å²) < 4.78 is 0. The largest absolute Gasteiger partial charge is 0.371 e. The number of carbonyl (C=O) groups is 1. The number of ketones is 1. The summed E-state index contributed by atoms with van der Waals surface area (Å²) in [6.07, 6.45) is 11.7. The number of nitrogens with one attached hydrogen (secondary N) is 1. The highest BCUT2D eigenvalue weighted by atomic mass is 16.1. The van der Waals surface area contributed by atoms with E-state index in [0.717, 1.165) is 18.7 Å². The van der Waals surface area contributed by atoms with E-state index < -0.39 is 0 Å². The Morgan fingerprint density at radius 2 is 2.04 bits per heavy atom. The van der Waals surface area contributed by atoms with Crippen LogP contribution in [-0.4, -0.2) is 30.9 Å². The number of hydrogen-bond donors (Lipinski definition) is 1. The molecule has 0 aliphatic carbocycles. The van der Waals surface area contributed by atoms with Crippen molar-refractivity contribution >= 4 is 22.8 Å². The summed E-state index contributed by atoms with van der Waals surface area (Å²) in [6.45, 7) is 2.36. The Balaban J connectivity index is 1.44. The number of hydrogen-bond acceptors (Lipinski definition) is 5. The molecule has 5 nitrogen and oxygen atoms in total. The van der Waals surface area contributed by atoms with E-state index in [9.17, 15) is 4.79 Å². The van der Waals surface area contributed by atoms with Crippen LogP contribution in [0.15, 0.2) is 54.5 Å². The average Bonchev–Trinajstić information content (AvgIpc) is 3.04. The number of fused-ring (bicyclic) bond motifs is 2. The van der Waals surface area contributed by atoms with Gasteiger partial charge in [-0.05, 0) is 61.6 Å². The number of nitrogens with zero attached hydrogens (tertiary/aromatic N) is 3. The Labute approximate surface area is 165 Å². The summed E-state index contributed by atoms with van der Waals surface area (Å²) in [4.78, 5) is 21.1. The van der Waals surface area contributed by atoms with E-state index >= 15 is 0 Å². The Morgan fingerprint density at radius 1 is 1.18 bits per heavy atom. The number of rotatable bonds is 3. The van der Waals surface area contributed by atoms with Crippen LogP contribution < -0.4 is 15.1 Å². The van der Waals surface area contributed by atoms with Crippen molar-refractivity contribution in [3.63, 3.8) is 0 Å². The zero-order chi connectivity index (χ0) is 19.1. The first-order valence-corrected chi connectivity index (χ1v) is 10.0. The second kappa shape index (κ2) is 6.82.